The Morgan fingerprint density at radius 3 is 2.56 bits per heavy atom. The van der Waals surface area contributed by atoms with Crippen LogP contribution in [0.5, 0.6) is 0 Å². The van der Waals surface area contributed by atoms with Crippen LogP contribution in [0.4, 0.5) is 0 Å². The van der Waals surface area contributed by atoms with E-state index in [0.29, 0.717) is 12.0 Å². The van der Waals surface area contributed by atoms with E-state index in [0.717, 1.165) is 45.8 Å². The number of rotatable bonds is 11. The molecule has 1 aromatic carbocycles. The van der Waals surface area contributed by atoms with Crippen molar-refractivity contribution in [3.8, 4) is 0 Å². The summed E-state index contributed by atoms with van der Waals surface area (Å²) in [6.07, 6.45) is 11.0. The molecular formula is C27H35N3O2. The molecule has 1 saturated heterocycles. The lowest BCUT2D eigenvalue weighted by atomic mass is 9.84. The van der Waals surface area contributed by atoms with E-state index in [2.05, 4.69) is 57.2 Å². The van der Waals surface area contributed by atoms with E-state index in [1.165, 1.54) is 29.5 Å². The zero-order valence-electron chi connectivity index (χ0n) is 19.1. The summed E-state index contributed by atoms with van der Waals surface area (Å²) >= 11 is 0. The van der Waals surface area contributed by atoms with Crippen LogP contribution in [0.15, 0.2) is 77.9 Å². The van der Waals surface area contributed by atoms with E-state index < -0.39 is 0 Å². The summed E-state index contributed by atoms with van der Waals surface area (Å²) in [6.45, 7) is 5.82. The molecule has 1 aliphatic rings. The number of benzene rings is 1. The fourth-order valence-corrected chi connectivity index (χ4v) is 4.88. The zero-order chi connectivity index (χ0) is 22.0. The molecule has 0 radical (unpaired) electrons. The van der Waals surface area contributed by atoms with Gasteiger partial charge in [0.05, 0.1) is 19.1 Å². The van der Waals surface area contributed by atoms with Gasteiger partial charge in [0.1, 0.15) is 0 Å². The van der Waals surface area contributed by atoms with Crippen molar-refractivity contribution < 1.29 is 9.15 Å². The van der Waals surface area contributed by atoms with Crippen molar-refractivity contribution in [2.45, 2.75) is 38.4 Å². The maximum absolute atomic E-state index is 5.50. The van der Waals surface area contributed by atoms with Gasteiger partial charge >= 0.3 is 0 Å². The molecule has 4 rings (SSSR count). The first-order chi connectivity index (χ1) is 15.8. The highest BCUT2D eigenvalue weighted by Gasteiger charge is 2.31. The molecule has 3 heterocycles. The minimum atomic E-state index is 0.476. The van der Waals surface area contributed by atoms with Crippen LogP contribution in [0.25, 0.3) is 0 Å². The standard InChI is InChI=1S/C27H35N3O2/c1-31-17-15-30(21-24-8-5-12-28-19-24)27(18-23-6-3-2-4-7-23)26-9-13-29(14-10-26)20-25-11-16-32-22-25/h2-8,11-12,16,19,22,26-27H,9-10,13-15,17-18,20-21H2,1H3. The molecule has 0 amide bonds. The number of ether oxygens (including phenoxy) is 1. The predicted molar refractivity (Wildman–Crippen MR) is 127 cm³/mol. The molecule has 0 saturated carbocycles. The summed E-state index contributed by atoms with van der Waals surface area (Å²) in [6, 6.07) is 17.7. The lowest BCUT2D eigenvalue weighted by Crippen LogP contribution is -2.47. The Morgan fingerprint density at radius 1 is 1.06 bits per heavy atom. The topological polar surface area (TPSA) is 41.7 Å². The maximum Gasteiger partial charge on any atom is 0.0947 e. The number of piperidine rings is 1. The third kappa shape index (κ3) is 6.52. The number of hydrogen-bond acceptors (Lipinski definition) is 5. The van der Waals surface area contributed by atoms with Crippen molar-refractivity contribution in [2.75, 3.05) is 33.4 Å². The predicted octanol–water partition coefficient (Wildman–Crippen LogP) is 4.65. The van der Waals surface area contributed by atoms with Crippen molar-refractivity contribution in [1.82, 2.24) is 14.8 Å². The number of methoxy groups -OCH3 is 1. The Hall–Kier alpha value is -2.47. The fourth-order valence-electron chi connectivity index (χ4n) is 4.88. The average molecular weight is 434 g/mol. The number of nitrogens with zero attached hydrogens (tertiary/aromatic N) is 3. The van der Waals surface area contributed by atoms with Crippen LogP contribution in [-0.2, 0) is 24.2 Å². The molecule has 0 bridgehead atoms. The molecule has 32 heavy (non-hydrogen) atoms. The molecule has 2 aromatic heterocycles. The highest BCUT2D eigenvalue weighted by Crippen LogP contribution is 2.29. The third-order valence-electron chi connectivity index (χ3n) is 6.61. The summed E-state index contributed by atoms with van der Waals surface area (Å²) in [5, 5.41) is 0. The summed E-state index contributed by atoms with van der Waals surface area (Å²) in [5.74, 6) is 0.657. The van der Waals surface area contributed by atoms with Crippen molar-refractivity contribution in [3.63, 3.8) is 0 Å². The van der Waals surface area contributed by atoms with E-state index in [1.54, 1.807) is 13.4 Å². The monoisotopic (exact) mass is 433 g/mol. The molecule has 170 valence electrons. The van der Waals surface area contributed by atoms with Crippen LogP contribution >= 0.6 is 0 Å². The molecule has 1 fully saturated rings. The van der Waals surface area contributed by atoms with E-state index in [-0.39, 0.29) is 0 Å². The second-order valence-electron chi connectivity index (χ2n) is 8.83. The molecule has 1 unspecified atom stereocenters. The van der Waals surface area contributed by atoms with Gasteiger partial charge in [0.25, 0.3) is 0 Å². The van der Waals surface area contributed by atoms with Crippen LogP contribution in [0.3, 0.4) is 0 Å². The Labute approximate surface area is 192 Å². The fraction of sp³-hybridized carbons (Fsp3) is 0.444. The van der Waals surface area contributed by atoms with Gasteiger partial charge in [-0.1, -0.05) is 36.4 Å². The molecular weight excluding hydrogens is 398 g/mol. The van der Waals surface area contributed by atoms with Gasteiger partial charge < -0.3 is 9.15 Å². The molecule has 0 aliphatic carbocycles. The van der Waals surface area contributed by atoms with Gasteiger partial charge in [0, 0.05) is 50.7 Å². The lowest BCUT2D eigenvalue weighted by Gasteiger charge is -2.41. The lowest BCUT2D eigenvalue weighted by molar-refractivity contribution is 0.0570. The molecule has 1 atom stereocenters. The van der Waals surface area contributed by atoms with E-state index >= 15 is 0 Å². The first-order valence-electron chi connectivity index (χ1n) is 11.7. The summed E-state index contributed by atoms with van der Waals surface area (Å²) < 4.78 is 10.8. The number of hydrogen-bond donors (Lipinski definition) is 0. The Balaban J connectivity index is 1.48. The zero-order valence-corrected chi connectivity index (χ0v) is 19.1. The highest BCUT2D eigenvalue weighted by atomic mass is 16.5. The molecule has 5 heteroatoms. The van der Waals surface area contributed by atoms with Gasteiger partial charge in [-0.05, 0) is 61.5 Å². The smallest absolute Gasteiger partial charge is 0.0947 e. The van der Waals surface area contributed by atoms with Crippen molar-refractivity contribution >= 4 is 0 Å². The minimum Gasteiger partial charge on any atom is -0.472 e. The maximum atomic E-state index is 5.50. The minimum absolute atomic E-state index is 0.476. The second-order valence-corrected chi connectivity index (χ2v) is 8.83. The van der Waals surface area contributed by atoms with Gasteiger partial charge in [0.15, 0.2) is 0 Å². The summed E-state index contributed by atoms with van der Waals surface area (Å²) in [4.78, 5) is 9.53. The number of pyridine rings is 1. The molecule has 1 aliphatic heterocycles. The van der Waals surface area contributed by atoms with Gasteiger partial charge in [-0.2, -0.15) is 0 Å². The van der Waals surface area contributed by atoms with Gasteiger partial charge in [-0.15, -0.1) is 0 Å². The molecule has 0 N–H and O–H groups in total. The van der Waals surface area contributed by atoms with Crippen LogP contribution in [-0.4, -0.2) is 54.2 Å². The van der Waals surface area contributed by atoms with E-state index in [1.807, 2.05) is 24.7 Å². The van der Waals surface area contributed by atoms with E-state index in [4.69, 9.17) is 9.15 Å². The van der Waals surface area contributed by atoms with E-state index in [9.17, 15) is 0 Å². The SMILES string of the molecule is COCCN(Cc1cccnc1)C(Cc1ccccc1)C1CCN(Cc2ccoc2)CC1. The first-order valence-corrected chi connectivity index (χ1v) is 11.7. The molecule has 0 spiro atoms. The summed E-state index contributed by atoms with van der Waals surface area (Å²) in [5.41, 5.74) is 3.94. The van der Waals surface area contributed by atoms with Crippen LogP contribution < -0.4 is 0 Å². The number of likely N-dealkylation sites (tertiary alicyclic amines) is 1. The number of aromatic nitrogens is 1. The van der Waals surface area contributed by atoms with Crippen molar-refractivity contribution in [3.05, 3.63) is 90.1 Å². The number of furan rings is 1. The van der Waals surface area contributed by atoms with Gasteiger partial charge in [-0.25, -0.2) is 0 Å². The largest absolute Gasteiger partial charge is 0.472 e. The Morgan fingerprint density at radius 2 is 1.88 bits per heavy atom. The summed E-state index contributed by atoms with van der Waals surface area (Å²) in [7, 11) is 1.79. The van der Waals surface area contributed by atoms with Crippen LogP contribution in [0, 0.1) is 5.92 Å². The Kier molecular flexibility index (Phi) is 8.49. The van der Waals surface area contributed by atoms with Gasteiger partial charge in [0.2, 0.25) is 0 Å². The first kappa shape index (κ1) is 22.7. The molecule has 5 nitrogen and oxygen atoms in total. The molecule has 3 aromatic rings. The third-order valence-corrected chi connectivity index (χ3v) is 6.61. The van der Waals surface area contributed by atoms with Crippen LogP contribution in [0.1, 0.15) is 29.5 Å². The van der Waals surface area contributed by atoms with Crippen LogP contribution in [0.2, 0.25) is 0 Å². The van der Waals surface area contributed by atoms with Crippen molar-refractivity contribution in [1.29, 1.82) is 0 Å². The Bertz CT molecular complexity index is 878. The quantitative estimate of drug-likeness (QED) is 0.440. The van der Waals surface area contributed by atoms with Gasteiger partial charge in [-0.3, -0.25) is 14.8 Å². The second kappa shape index (κ2) is 12.0. The highest BCUT2D eigenvalue weighted by molar-refractivity contribution is 5.17. The van der Waals surface area contributed by atoms with Crippen molar-refractivity contribution in [2.24, 2.45) is 5.92 Å². The normalized spacial score (nSPS) is 16.4. The average Bonchev–Trinajstić information content (AvgIpc) is 3.35.